The maximum atomic E-state index is 14.8. The molecular formula is C27H20Cl2F3N3O4. The van der Waals surface area contributed by atoms with E-state index in [2.05, 4.69) is 15.0 Å². The highest BCUT2D eigenvalue weighted by Crippen LogP contribution is 2.44. The van der Waals surface area contributed by atoms with Gasteiger partial charge in [0.2, 0.25) is 5.69 Å². The van der Waals surface area contributed by atoms with Crippen molar-refractivity contribution in [1.82, 2.24) is 0 Å². The Hall–Kier alpha value is -3.60. The van der Waals surface area contributed by atoms with E-state index in [1.807, 2.05) is 0 Å². The second-order valence-electron chi connectivity index (χ2n) is 9.13. The van der Waals surface area contributed by atoms with Gasteiger partial charge in [-0.25, -0.2) is 18.0 Å². The van der Waals surface area contributed by atoms with Crippen LogP contribution in [0, 0.1) is 11.0 Å². The molecule has 202 valence electrons. The zero-order valence-corrected chi connectivity index (χ0v) is 21.8. The monoisotopic (exact) mass is 577 g/mol. The van der Waals surface area contributed by atoms with Gasteiger partial charge in [0.25, 0.3) is 6.43 Å². The fourth-order valence-electron chi connectivity index (χ4n) is 5.02. The number of carbonyl (C=O) groups excluding carboxylic acids is 1. The first kappa shape index (κ1) is 27.0. The van der Waals surface area contributed by atoms with Gasteiger partial charge < -0.3 is 15.1 Å². The number of nitrogens with one attached hydrogen (secondary N) is 1. The third kappa shape index (κ3) is 4.73. The van der Waals surface area contributed by atoms with Gasteiger partial charge in [-0.05, 0) is 48.2 Å². The third-order valence-corrected chi connectivity index (χ3v) is 7.47. The molecule has 12 heteroatoms. The second-order valence-corrected chi connectivity index (χ2v) is 9.95. The van der Waals surface area contributed by atoms with E-state index >= 15 is 0 Å². The van der Waals surface area contributed by atoms with Gasteiger partial charge in [-0.15, -0.1) is 0 Å². The Bertz CT molecular complexity index is 1580. The van der Waals surface area contributed by atoms with Crippen LogP contribution in [0.4, 0.5) is 23.7 Å². The molecule has 0 saturated heterocycles. The molecule has 1 aromatic heterocycles. The molecule has 0 saturated carbocycles. The summed E-state index contributed by atoms with van der Waals surface area (Å²) in [6.07, 6.45) is -0.612. The molecular weight excluding hydrogens is 558 g/mol. The lowest BCUT2D eigenvalue weighted by atomic mass is 9.89. The van der Waals surface area contributed by atoms with Crippen LogP contribution in [-0.4, -0.2) is 24.0 Å². The minimum atomic E-state index is -2.99. The molecule has 5 rings (SSSR count). The first-order valence-corrected chi connectivity index (χ1v) is 12.5. The number of alkyl halides is 2. The molecule has 1 amide bonds. The van der Waals surface area contributed by atoms with Crippen molar-refractivity contribution in [3.63, 3.8) is 0 Å². The number of hydrogen-bond donors (Lipinski definition) is 2. The summed E-state index contributed by atoms with van der Waals surface area (Å²) in [6, 6.07) is 8.35. The van der Waals surface area contributed by atoms with Crippen molar-refractivity contribution < 1.29 is 32.5 Å². The topological polar surface area (TPSA) is 97.9 Å². The summed E-state index contributed by atoms with van der Waals surface area (Å²) in [5, 5.41) is 27.3. The van der Waals surface area contributed by atoms with Crippen LogP contribution in [0.2, 0.25) is 10.0 Å². The number of nitrogens with zero attached hydrogens (tertiary/aromatic N) is 2. The van der Waals surface area contributed by atoms with Gasteiger partial charge >= 0.3 is 6.09 Å². The maximum Gasteiger partial charge on any atom is 0.411 e. The highest BCUT2D eigenvalue weighted by molar-refractivity contribution is 6.33. The SMILES string of the molecule is COC(=O)Nc1ccc(C2=CN=C(C3(O)CCc4cc(-c5c(C(F)F)ccc(Cl)c5F)c[n+]([O-])c43)C2)c(Cl)c1. The van der Waals surface area contributed by atoms with E-state index in [1.54, 1.807) is 24.4 Å². The Kier molecular flexibility index (Phi) is 7.04. The number of hydrogen-bond acceptors (Lipinski definition) is 5. The summed E-state index contributed by atoms with van der Waals surface area (Å²) in [5.74, 6) is -1.05. The van der Waals surface area contributed by atoms with Crippen LogP contribution in [0.3, 0.4) is 0 Å². The van der Waals surface area contributed by atoms with E-state index in [1.165, 1.54) is 13.2 Å². The number of benzene rings is 2. The third-order valence-electron chi connectivity index (χ3n) is 6.87. The normalized spacial score (nSPS) is 18.2. The molecule has 1 aliphatic heterocycles. The minimum absolute atomic E-state index is 0.00408. The number of pyridine rings is 1. The number of methoxy groups -OCH3 is 1. The van der Waals surface area contributed by atoms with E-state index < -0.39 is 35.1 Å². The summed E-state index contributed by atoms with van der Waals surface area (Å²) in [7, 11) is 1.24. The largest absolute Gasteiger partial charge is 0.618 e. The van der Waals surface area contributed by atoms with Gasteiger partial charge in [0.15, 0.2) is 11.8 Å². The smallest absolute Gasteiger partial charge is 0.411 e. The Labute approximate surface area is 230 Å². The molecule has 0 radical (unpaired) electrons. The lowest BCUT2D eigenvalue weighted by molar-refractivity contribution is -0.619. The molecule has 39 heavy (non-hydrogen) atoms. The molecule has 0 spiro atoms. The summed E-state index contributed by atoms with van der Waals surface area (Å²) in [4.78, 5) is 15.8. The van der Waals surface area contributed by atoms with Crippen LogP contribution >= 0.6 is 23.2 Å². The summed E-state index contributed by atoms with van der Waals surface area (Å²) in [6.45, 7) is 0. The average molecular weight is 578 g/mol. The Morgan fingerprint density at radius 2 is 2.00 bits per heavy atom. The quantitative estimate of drug-likeness (QED) is 0.265. The van der Waals surface area contributed by atoms with Crippen molar-refractivity contribution in [3.05, 3.63) is 92.2 Å². The summed E-state index contributed by atoms with van der Waals surface area (Å²) < 4.78 is 47.1. The molecule has 2 aliphatic rings. The van der Waals surface area contributed by atoms with Crippen LogP contribution in [0.15, 0.2) is 53.8 Å². The molecule has 1 aliphatic carbocycles. The van der Waals surface area contributed by atoms with Gasteiger partial charge in [0, 0.05) is 35.0 Å². The molecule has 0 bridgehead atoms. The van der Waals surface area contributed by atoms with Crippen LogP contribution in [-0.2, 0) is 16.8 Å². The Balaban J connectivity index is 1.44. The number of aryl methyl sites for hydroxylation is 1. The van der Waals surface area contributed by atoms with Crippen molar-refractivity contribution in [2.75, 3.05) is 12.4 Å². The molecule has 3 aromatic rings. The minimum Gasteiger partial charge on any atom is -0.618 e. The number of aliphatic imine (C=N–C) groups is 1. The number of aromatic nitrogens is 1. The van der Waals surface area contributed by atoms with Crippen molar-refractivity contribution in [2.45, 2.75) is 31.3 Å². The fraction of sp³-hybridized carbons (Fsp3) is 0.222. The number of rotatable bonds is 5. The predicted molar refractivity (Wildman–Crippen MR) is 140 cm³/mol. The number of fused-ring (bicyclic) bond motifs is 1. The van der Waals surface area contributed by atoms with Crippen molar-refractivity contribution in [3.8, 4) is 11.1 Å². The number of anilines is 1. The standard InChI is InChI=1S/C27H20Cl2F3N3O4/c1-39-26(36)34-16-2-3-17(20(29)10-16)14-9-21(33-11-14)27(37)7-6-13-8-15(12-35(38)24(13)27)22-18(25(31)32)4-5-19(28)23(22)30/h2-5,8,10-12,25,37H,6-7,9H2,1H3,(H,34,36). The number of amides is 1. The first-order chi connectivity index (χ1) is 18.5. The van der Waals surface area contributed by atoms with Crippen LogP contribution in [0.1, 0.15) is 41.7 Å². The average Bonchev–Trinajstić information content (AvgIpc) is 3.51. The van der Waals surface area contributed by atoms with E-state index in [4.69, 9.17) is 23.2 Å². The fourth-order valence-corrected chi connectivity index (χ4v) is 5.48. The van der Waals surface area contributed by atoms with Crippen LogP contribution in [0.5, 0.6) is 0 Å². The Morgan fingerprint density at radius 1 is 1.23 bits per heavy atom. The van der Waals surface area contributed by atoms with E-state index in [-0.39, 0.29) is 35.5 Å². The van der Waals surface area contributed by atoms with Gasteiger partial charge in [-0.1, -0.05) is 35.3 Å². The van der Waals surface area contributed by atoms with Crippen LogP contribution < -0.4 is 10.0 Å². The van der Waals surface area contributed by atoms with Gasteiger partial charge in [-0.3, -0.25) is 10.3 Å². The molecule has 0 fully saturated rings. The molecule has 2 heterocycles. The molecule has 2 N–H and O–H groups in total. The highest BCUT2D eigenvalue weighted by atomic mass is 35.5. The first-order valence-electron chi connectivity index (χ1n) is 11.7. The molecule has 1 atom stereocenters. The second kappa shape index (κ2) is 10.2. The number of carbonyl (C=O) groups is 1. The molecule has 2 aromatic carbocycles. The lowest BCUT2D eigenvalue weighted by Gasteiger charge is -2.23. The predicted octanol–water partition coefficient (Wildman–Crippen LogP) is 6.57. The summed E-state index contributed by atoms with van der Waals surface area (Å²) >= 11 is 12.3. The van der Waals surface area contributed by atoms with Gasteiger partial charge in [0.1, 0.15) is 5.82 Å². The van der Waals surface area contributed by atoms with Crippen molar-refractivity contribution in [2.24, 2.45) is 4.99 Å². The number of halogens is 5. The van der Waals surface area contributed by atoms with E-state index in [9.17, 15) is 28.3 Å². The van der Waals surface area contributed by atoms with Gasteiger partial charge in [0.05, 0.1) is 28.4 Å². The zero-order chi connectivity index (χ0) is 28.1. The molecule has 7 nitrogen and oxygen atoms in total. The van der Waals surface area contributed by atoms with Gasteiger partial charge in [-0.2, -0.15) is 4.73 Å². The Morgan fingerprint density at radius 3 is 2.69 bits per heavy atom. The highest BCUT2D eigenvalue weighted by Gasteiger charge is 2.49. The zero-order valence-electron chi connectivity index (χ0n) is 20.3. The lowest BCUT2D eigenvalue weighted by Crippen LogP contribution is -2.45. The van der Waals surface area contributed by atoms with E-state index in [0.29, 0.717) is 37.9 Å². The molecule has 1 unspecified atom stereocenters. The number of aliphatic hydroxyl groups is 1. The number of ether oxygens (including phenoxy) is 1. The van der Waals surface area contributed by atoms with E-state index in [0.717, 1.165) is 18.3 Å². The summed E-state index contributed by atoms with van der Waals surface area (Å²) in [5.41, 5.74) is -0.426. The number of allylic oxidation sites excluding steroid dienone is 1. The van der Waals surface area contributed by atoms with Crippen molar-refractivity contribution in [1.29, 1.82) is 0 Å². The van der Waals surface area contributed by atoms with Crippen molar-refractivity contribution >= 4 is 46.3 Å². The maximum absolute atomic E-state index is 14.8. The van der Waals surface area contributed by atoms with Crippen LogP contribution in [0.25, 0.3) is 16.7 Å².